The molecule has 1 aromatic heterocycles. The first-order valence-electron chi connectivity index (χ1n) is 11.0. The lowest BCUT2D eigenvalue weighted by atomic mass is 10.0. The van der Waals surface area contributed by atoms with Crippen molar-refractivity contribution in [1.29, 1.82) is 0 Å². The number of carbonyl (C=O) groups is 3. The third-order valence-corrected chi connectivity index (χ3v) is 4.58. The monoisotopic (exact) mass is 475 g/mol. The number of amides is 2. The van der Waals surface area contributed by atoms with E-state index in [1.165, 1.54) is 0 Å². The van der Waals surface area contributed by atoms with Crippen molar-refractivity contribution in [2.45, 2.75) is 65.1 Å². The Labute approximate surface area is 198 Å². The third kappa shape index (κ3) is 8.34. The molecule has 0 aliphatic carbocycles. The van der Waals surface area contributed by atoms with E-state index in [1.807, 2.05) is 44.2 Å². The summed E-state index contributed by atoms with van der Waals surface area (Å²) in [5.74, 6) is -2.46. The van der Waals surface area contributed by atoms with Gasteiger partial charge in [-0.1, -0.05) is 44.2 Å². The molecule has 0 unspecified atom stereocenters. The highest BCUT2D eigenvalue weighted by molar-refractivity contribution is 5.90. The SMILES string of the molecule is CC(C)C[C@H](NC(=O)[C@H](Cc1ccccc1)NC(=O)OC(C)(C)C)C(=O)On1c(O)ccc1O. The lowest BCUT2D eigenvalue weighted by Gasteiger charge is -2.25. The van der Waals surface area contributed by atoms with Gasteiger partial charge in [0.15, 0.2) is 0 Å². The minimum Gasteiger partial charge on any atom is -0.492 e. The van der Waals surface area contributed by atoms with Crippen LogP contribution in [0, 0.1) is 5.92 Å². The molecule has 0 fully saturated rings. The van der Waals surface area contributed by atoms with Crippen molar-refractivity contribution < 1.29 is 34.2 Å². The van der Waals surface area contributed by atoms with Crippen molar-refractivity contribution in [3.05, 3.63) is 48.0 Å². The van der Waals surface area contributed by atoms with Gasteiger partial charge < -0.3 is 30.4 Å². The molecule has 4 N–H and O–H groups in total. The lowest BCUT2D eigenvalue weighted by molar-refractivity contribution is -0.150. The molecule has 34 heavy (non-hydrogen) atoms. The number of rotatable bonds is 9. The van der Waals surface area contributed by atoms with Crippen LogP contribution in [0.5, 0.6) is 11.8 Å². The van der Waals surface area contributed by atoms with E-state index in [1.54, 1.807) is 20.8 Å². The first-order valence-corrected chi connectivity index (χ1v) is 11.0. The molecule has 1 heterocycles. The van der Waals surface area contributed by atoms with E-state index < -0.39 is 47.4 Å². The van der Waals surface area contributed by atoms with Gasteiger partial charge in [0.25, 0.3) is 0 Å². The van der Waals surface area contributed by atoms with Crippen LogP contribution in [0.3, 0.4) is 0 Å². The van der Waals surface area contributed by atoms with Gasteiger partial charge in [0.05, 0.1) is 0 Å². The average Bonchev–Trinajstić information content (AvgIpc) is 3.03. The second-order valence-corrected chi connectivity index (χ2v) is 9.33. The Morgan fingerprint density at radius 1 is 0.941 bits per heavy atom. The summed E-state index contributed by atoms with van der Waals surface area (Å²) in [6, 6.07) is 9.25. The van der Waals surface area contributed by atoms with Crippen LogP contribution in [-0.4, -0.2) is 50.6 Å². The van der Waals surface area contributed by atoms with Crippen LogP contribution in [0.25, 0.3) is 0 Å². The zero-order chi connectivity index (χ0) is 25.5. The van der Waals surface area contributed by atoms with Crippen molar-refractivity contribution >= 4 is 18.0 Å². The van der Waals surface area contributed by atoms with Gasteiger partial charge in [0.2, 0.25) is 17.7 Å². The number of alkyl carbamates (subject to hydrolysis) is 1. The summed E-state index contributed by atoms with van der Waals surface area (Å²) in [5.41, 5.74) is 0.0340. The minimum atomic E-state index is -1.10. The van der Waals surface area contributed by atoms with E-state index in [9.17, 15) is 24.6 Å². The molecule has 0 aliphatic heterocycles. The number of carbonyl (C=O) groups excluding carboxylic acids is 3. The summed E-state index contributed by atoms with van der Waals surface area (Å²) in [4.78, 5) is 43.4. The topological polar surface area (TPSA) is 139 Å². The largest absolute Gasteiger partial charge is 0.492 e. The molecule has 0 bridgehead atoms. The number of benzene rings is 1. The molecule has 0 aliphatic rings. The highest BCUT2D eigenvalue weighted by atomic mass is 16.7. The predicted molar refractivity (Wildman–Crippen MR) is 124 cm³/mol. The van der Waals surface area contributed by atoms with Crippen LogP contribution in [-0.2, 0) is 20.7 Å². The Balaban J connectivity index is 2.21. The maximum absolute atomic E-state index is 13.2. The van der Waals surface area contributed by atoms with Gasteiger partial charge in [-0.05, 0) is 38.7 Å². The van der Waals surface area contributed by atoms with E-state index in [2.05, 4.69) is 10.6 Å². The second-order valence-electron chi connectivity index (χ2n) is 9.33. The third-order valence-electron chi connectivity index (χ3n) is 4.58. The highest BCUT2D eigenvalue weighted by Gasteiger charge is 2.31. The van der Waals surface area contributed by atoms with Gasteiger partial charge in [0.1, 0.15) is 17.7 Å². The number of aromatic nitrogens is 1. The quantitative estimate of drug-likeness (QED) is 0.437. The summed E-state index contributed by atoms with van der Waals surface area (Å²) in [7, 11) is 0. The fourth-order valence-corrected chi connectivity index (χ4v) is 3.12. The molecule has 186 valence electrons. The predicted octanol–water partition coefficient (Wildman–Crippen LogP) is 2.52. The van der Waals surface area contributed by atoms with Gasteiger partial charge in [-0.15, -0.1) is 4.73 Å². The Bertz CT molecular complexity index is 961. The highest BCUT2D eigenvalue weighted by Crippen LogP contribution is 2.19. The van der Waals surface area contributed by atoms with Gasteiger partial charge >= 0.3 is 12.1 Å². The zero-order valence-electron chi connectivity index (χ0n) is 20.1. The number of nitrogens with zero attached hydrogens (tertiary/aromatic N) is 1. The molecule has 1 aromatic carbocycles. The number of aromatic hydroxyl groups is 2. The van der Waals surface area contributed by atoms with Crippen LogP contribution < -0.4 is 15.5 Å². The van der Waals surface area contributed by atoms with E-state index in [4.69, 9.17) is 9.57 Å². The molecular formula is C24H33N3O7. The molecule has 0 saturated heterocycles. The maximum Gasteiger partial charge on any atom is 0.408 e. The van der Waals surface area contributed by atoms with Crippen LogP contribution in [0.2, 0.25) is 0 Å². The Hall–Kier alpha value is -3.69. The maximum atomic E-state index is 13.2. The Morgan fingerprint density at radius 2 is 1.53 bits per heavy atom. The van der Waals surface area contributed by atoms with Crippen LogP contribution in [0.15, 0.2) is 42.5 Å². The van der Waals surface area contributed by atoms with E-state index in [-0.39, 0.29) is 18.8 Å². The average molecular weight is 476 g/mol. The van der Waals surface area contributed by atoms with Gasteiger partial charge in [-0.2, -0.15) is 0 Å². The van der Waals surface area contributed by atoms with E-state index >= 15 is 0 Å². The molecule has 0 spiro atoms. The van der Waals surface area contributed by atoms with Crippen LogP contribution in [0.1, 0.15) is 46.6 Å². The normalized spacial score (nSPS) is 13.1. The van der Waals surface area contributed by atoms with Gasteiger partial charge in [-0.25, -0.2) is 9.59 Å². The summed E-state index contributed by atoms with van der Waals surface area (Å²) >= 11 is 0. The van der Waals surface area contributed by atoms with Crippen molar-refractivity contribution in [1.82, 2.24) is 15.4 Å². The van der Waals surface area contributed by atoms with E-state index in [0.29, 0.717) is 4.73 Å². The molecule has 2 amide bonds. The Morgan fingerprint density at radius 3 is 2.06 bits per heavy atom. The standard InChI is InChI=1S/C24H33N3O7/c1-15(2)13-18(22(31)34-27-19(28)11-12-20(27)29)25-21(30)17(14-16-9-7-6-8-10-16)26-23(32)33-24(3,4)5/h6-12,15,17-18,28-29H,13-14H2,1-5H3,(H,25,30)(H,26,32)/t17-,18-/m0/s1. The fourth-order valence-electron chi connectivity index (χ4n) is 3.12. The van der Waals surface area contributed by atoms with Gasteiger partial charge in [-0.3, -0.25) is 4.79 Å². The number of hydrogen-bond acceptors (Lipinski definition) is 7. The minimum absolute atomic E-state index is 0.00362. The molecule has 10 heteroatoms. The Kier molecular flexibility index (Phi) is 8.94. The van der Waals surface area contributed by atoms with E-state index in [0.717, 1.165) is 17.7 Å². The van der Waals surface area contributed by atoms with Crippen molar-refractivity contribution in [2.75, 3.05) is 0 Å². The number of hydrogen-bond donors (Lipinski definition) is 4. The summed E-state index contributed by atoms with van der Waals surface area (Å²) < 4.78 is 5.85. The molecule has 0 saturated carbocycles. The van der Waals surface area contributed by atoms with Crippen molar-refractivity contribution in [3.63, 3.8) is 0 Å². The molecular weight excluding hydrogens is 442 g/mol. The van der Waals surface area contributed by atoms with Crippen LogP contribution in [0.4, 0.5) is 4.79 Å². The number of ether oxygens (including phenoxy) is 1. The first-order chi connectivity index (χ1) is 15.9. The molecule has 2 aromatic rings. The zero-order valence-corrected chi connectivity index (χ0v) is 20.1. The second kappa shape index (κ2) is 11.4. The lowest BCUT2D eigenvalue weighted by Crippen LogP contribution is -2.54. The fraction of sp³-hybridized carbons (Fsp3) is 0.458. The summed E-state index contributed by atoms with van der Waals surface area (Å²) in [6.07, 6.45) is -0.388. The summed E-state index contributed by atoms with van der Waals surface area (Å²) in [6.45, 7) is 8.84. The molecule has 10 nitrogen and oxygen atoms in total. The van der Waals surface area contributed by atoms with Crippen LogP contribution >= 0.6 is 0 Å². The van der Waals surface area contributed by atoms with Gasteiger partial charge in [0, 0.05) is 18.6 Å². The summed E-state index contributed by atoms with van der Waals surface area (Å²) in [5, 5.41) is 24.7. The first kappa shape index (κ1) is 26.6. The molecule has 2 atom stereocenters. The van der Waals surface area contributed by atoms with Crippen molar-refractivity contribution in [3.8, 4) is 11.8 Å². The molecule has 2 rings (SSSR count). The van der Waals surface area contributed by atoms with Crippen molar-refractivity contribution in [2.24, 2.45) is 5.92 Å². The molecule has 0 radical (unpaired) electrons. The number of nitrogens with one attached hydrogen (secondary N) is 2. The smallest absolute Gasteiger partial charge is 0.408 e.